The van der Waals surface area contributed by atoms with Gasteiger partial charge in [-0.1, -0.05) is 32.0 Å². The summed E-state index contributed by atoms with van der Waals surface area (Å²) in [6.07, 6.45) is 0. The van der Waals surface area contributed by atoms with Crippen molar-refractivity contribution in [3.05, 3.63) is 39.9 Å². The summed E-state index contributed by atoms with van der Waals surface area (Å²) in [5.41, 5.74) is 0.884. The Morgan fingerprint density at radius 2 is 1.64 bits per heavy atom. The number of hydrazine groups is 1. The second kappa shape index (κ2) is 9.63. The quantitative estimate of drug-likeness (QED) is 0.409. The maximum atomic E-state index is 10.2. The summed E-state index contributed by atoms with van der Waals surface area (Å²) in [7, 11) is 0. The summed E-state index contributed by atoms with van der Waals surface area (Å²) >= 11 is 0. The smallest absolute Gasteiger partial charge is 0.272 e. The van der Waals surface area contributed by atoms with Crippen LogP contribution in [0.2, 0.25) is 0 Å². The van der Waals surface area contributed by atoms with Crippen molar-refractivity contribution in [3.63, 3.8) is 0 Å². The molecule has 5 nitrogen and oxygen atoms in total. The van der Waals surface area contributed by atoms with Gasteiger partial charge in [-0.15, -0.1) is 0 Å². The molecule has 0 unspecified atom stereocenters. The second-order valence-corrected chi connectivity index (χ2v) is 2.04. The lowest BCUT2D eigenvalue weighted by Gasteiger charge is -1.92. The molecule has 0 atom stereocenters. The number of hydrogen-bond acceptors (Lipinski definition) is 4. The minimum absolute atomic E-state index is 0.183. The highest BCUT2D eigenvalue weighted by atomic mass is 16.6. The molecule has 0 spiro atoms. The first-order chi connectivity index (χ1) is 6.72. The molecular formula is C9H17N3O2. The summed E-state index contributed by atoms with van der Waals surface area (Å²) < 4.78 is 0. The fourth-order valence-corrected chi connectivity index (χ4v) is 0.768. The second-order valence-electron chi connectivity index (χ2n) is 2.04. The standard InChI is InChI=1S/C7H7NO2.C2H6.H4N2/c1-6-4-2-3-5-7(6)8(9)10;2*1-2/h2-5H,1H3;1-2H3;1-2H2. The SMILES string of the molecule is CC.Cc1ccccc1[N+](=O)[O-].NN. The van der Waals surface area contributed by atoms with Crippen LogP contribution in [0.3, 0.4) is 0 Å². The van der Waals surface area contributed by atoms with Crippen LogP contribution >= 0.6 is 0 Å². The molecule has 0 aliphatic carbocycles. The molecule has 0 heterocycles. The molecule has 4 N–H and O–H groups in total. The van der Waals surface area contributed by atoms with Crippen LogP contribution < -0.4 is 11.7 Å². The topological polar surface area (TPSA) is 95.2 Å². The number of nitro benzene ring substituents is 1. The van der Waals surface area contributed by atoms with Gasteiger partial charge in [0, 0.05) is 11.6 Å². The zero-order valence-electron chi connectivity index (χ0n) is 8.73. The van der Waals surface area contributed by atoms with E-state index in [-0.39, 0.29) is 10.6 Å². The van der Waals surface area contributed by atoms with Crippen molar-refractivity contribution in [2.75, 3.05) is 0 Å². The van der Waals surface area contributed by atoms with Crippen LogP contribution in [0.4, 0.5) is 5.69 Å². The van der Waals surface area contributed by atoms with E-state index in [0.717, 1.165) is 0 Å². The normalized spacial score (nSPS) is 7.50. The molecule has 1 aromatic carbocycles. The molecule has 0 bridgehead atoms. The highest BCUT2D eigenvalue weighted by molar-refractivity contribution is 5.38. The number of aryl methyl sites for hydroxylation is 1. The Balaban J connectivity index is 0. The van der Waals surface area contributed by atoms with Gasteiger partial charge in [0.15, 0.2) is 0 Å². The van der Waals surface area contributed by atoms with Gasteiger partial charge in [-0.25, -0.2) is 0 Å². The van der Waals surface area contributed by atoms with Crippen molar-refractivity contribution in [3.8, 4) is 0 Å². The number of nitrogens with two attached hydrogens (primary N) is 2. The van der Waals surface area contributed by atoms with Gasteiger partial charge in [-0.2, -0.15) is 0 Å². The highest BCUT2D eigenvalue weighted by Crippen LogP contribution is 2.14. The van der Waals surface area contributed by atoms with Crippen LogP contribution in [-0.4, -0.2) is 4.92 Å². The third-order valence-corrected chi connectivity index (χ3v) is 1.31. The summed E-state index contributed by atoms with van der Waals surface area (Å²) in [4.78, 5) is 9.85. The number of benzene rings is 1. The van der Waals surface area contributed by atoms with Gasteiger partial charge < -0.3 is 0 Å². The predicted molar refractivity (Wildman–Crippen MR) is 57.6 cm³/mol. The molecule has 0 amide bonds. The van der Waals surface area contributed by atoms with E-state index in [1.165, 1.54) is 6.07 Å². The minimum atomic E-state index is -0.380. The lowest BCUT2D eigenvalue weighted by atomic mass is 10.2. The van der Waals surface area contributed by atoms with Crippen LogP contribution in [0, 0.1) is 17.0 Å². The Bertz CT molecular complexity index is 264. The average Bonchev–Trinajstić information content (AvgIpc) is 2.24. The number of nitrogens with zero attached hydrogens (tertiary/aromatic N) is 1. The molecule has 0 saturated heterocycles. The van der Waals surface area contributed by atoms with Crippen LogP contribution in [0.1, 0.15) is 19.4 Å². The van der Waals surface area contributed by atoms with E-state index in [4.69, 9.17) is 0 Å². The molecule has 0 saturated carbocycles. The van der Waals surface area contributed by atoms with Gasteiger partial charge in [0.1, 0.15) is 0 Å². The highest BCUT2D eigenvalue weighted by Gasteiger charge is 2.05. The summed E-state index contributed by atoms with van der Waals surface area (Å²) in [5.74, 6) is 8.00. The summed E-state index contributed by atoms with van der Waals surface area (Å²) in [5, 5.41) is 10.2. The van der Waals surface area contributed by atoms with E-state index in [1.54, 1.807) is 25.1 Å². The van der Waals surface area contributed by atoms with E-state index in [1.807, 2.05) is 13.8 Å². The van der Waals surface area contributed by atoms with E-state index in [0.29, 0.717) is 5.56 Å². The molecule has 0 aliphatic heterocycles. The van der Waals surface area contributed by atoms with Gasteiger partial charge in [-0.3, -0.25) is 21.8 Å². The van der Waals surface area contributed by atoms with Crippen molar-refractivity contribution >= 4 is 5.69 Å². The van der Waals surface area contributed by atoms with E-state index >= 15 is 0 Å². The molecule has 80 valence electrons. The Labute approximate surface area is 83.8 Å². The molecule has 0 aromatic heterocycles. The monoisotopic (exact) mass is 199 g/mol. The van der Waals surface area contributed by atoms with E-state index < -0.39 is 0 Å². The zero-order valence-corrected chi connectivity index (χ0v) is 8.73. The summed E-state index contributed by atoms with van der Waals surface area (Å²) in [6.45, 7) is 5.72. The third kappa shape index (κ3) is 5.23. The first-order valence-electron chi connectivity index (χ1n) is 4.25. The Morgan fingerprint density at radius 1 is 1.21 bits per heavy atom. The van der Waals surface area contributed by atoms with Gasteiger partial charge in [0.25, 0.3) is 5.69 Å². The van der Waals surface area contributed by atoms with Crippen LogP contribution in [-0.2, 0) is 0 Å². The van der Waals surface area contributed by atoms with Crippen LogP contribution in [0.15, 0.2) is 24.3 Å². The third-order valence-electron chi connectivity index (χ3n) is 1.31. The molecule has 0 radical (unpaired) electrons. The fraction of sp³-hybridized carbons (Fsp3) is 0.333. The van der Waals surface area contributed by atoms with Crippen LogP contribution in [0.5, 0.6) is 0 Å². The molecule has 1 rings (SSSR count). The Hall–Kier alpha value is -1.46. The molecule has 0 fully saturated rings. The van der Waals surface area contributed by atoms with E-state index in [2.05, 4.69) is 11.7 Å². The van der Waals surface area contributed by atoms with Gasteiger partial charge in [-0.05, 0) is 6.92 Å². The fourth-order valence-electron chi connectivity index (χ4n) is 0.768. The molecule has 5 heteroatoms. The zero-order chi connectivity index (χ0) is 11.6. The maximum absolute atomic E-state index is 10.2. The lowest BCUT2D eigenvalue weighted by Crippen LogP contribution is -2.02. The van der Waals surface area contributed by atoms with Gasteiger partial charge in [0.2, 0.25) is 0 Å². The van der Waals surface area contributed by atoms with Gasteiger partial charge in [0.05, 0.1) is 4.92 Å². The number of para-hydroxylation sites is 1. The van der Waals surface area contributed by atoms with Crippen molar-refractivity contribution in [1.82, 2.24) is 0 Å². The summed E-state index contributed by atoms with van der Waals surface area (Å²) in [6, 6.07) is 6.65. The molecule has 0 aliphatic rings. The molecule has 1 aromatic rings. The van der Waals surface area contributed by atoms with Crippen LogP contribution in [0.25, 0.3) is 0 Å². The average molecular weight is 199 g/mol. The van der Waals surface area contributed by atoms with E-state index in [9.17, 15) is 10.1 Å². The maximum Gasteiger partial charge on any atom is 0.272 e. The lowest BCUT2D eigenvalue weighted by molar-refractivity contribution is -0.385. The Morgan fingerprint density at radius 3 is 1.93 bits per heavy atom. The predicted octanol–water partition coefficient (Wildman–Crippen LogP) is 1.75. The van der Waals surface area contributed by atoms with Crippen molar-refractivity contribution in [2.45, 2.75) is 20.8 Å². The molecule has 14 heavy (non-hydrogen) atoms. The van der Waals surface area contributed by atoms with Crippen molar-refractivity contribution < 1.29 is 4.92 Å². The molecular weight excluding hydrogens is 182 g/mol. The number of nitro groups is 1. The largest absolute Gasteiger partial charge is 0.274 e. The minimum Gasteiger partial charge on any atom is -0.274 e. The van der Waals surface area contributed by atoms with Gasteiger partial charge >= 0.3 is 0 Å². The number of hydrogen-bond donors (Lipinski definition) is 2. The Kier molecular flexibility index (Phi) is 10.3. The van der Waals surface area contributed by atoms with Crippen molar-refractivity contribution in [2.24, 2.45) is 11.7 Å². The first-order valence-corrected chi connectivity index (χ1v) is 4.25. The van der Waals surface area contributed by atoms with Crippen molar-refractivity contribution in [1.29, 1.82) is 0 Å². The first kappa shape index (κ1) is 15.0. The number of rotatable bonds is 1.